The molecule has 0 aliphatic carbocycles. The molecule has 0 spiro atoms. The molecule has 25 nitrogen and oxygen atoms in total. The Balaban J connectivity index is -0.000000293. The minimum absolute atomic E-state index is 0.0213. The highest BCUT2D eigenvalue weighted by atomic mass is 16.4. The van der Waals surface area contributed by atoms with E-state index < -0.39 is 103 Å². The van der Waals surface area contributed by atoms with Crippen molar-refractivity contribution in [3.05, 3.63) is 36.0 Å². The first-order chi connectivity index (χ1) is 25.2. The summed E-state index contributed by atoms with van der Waals surface area (Å²) in [6, 6.07) is 1.37. The number of carboxylic acid groups (broad SMARTS) is 6. The second-order valence-corrected chi connectivity index (χ2v) is 10.9. The van der Waals surface area contributed by atoms with Crippen molar-refractivity contribution >= 4 is 52.6 Å². The Morgan fingerprint density at radius 1 is 0.600 bits per heavy atom. The van der Waals surface area contributed by atoms with E-state index in [9.17, 15) is 33.6 Å². The van der Waals surface area contributed by atoms with Gasteiger partial charge in [-0.1, -0.05) is 18.2 Å². The summed E-state index contributed by atoms with van der Waals surface area (Å²) in [6.07, 6.45) is 0.324. The van der Waals surface area contributed by atoms with Crippen LogP contribution in [-0.2, 0) is 40.0 Å². The first-order valence-electron chi connectivity index (χ1n) is 15.5. The third-order valence-corrected chi connectivity index (χ3v) is 6.09. The van der Waals surface area contributed by atoms with E-state index in [1.165, 1.54) is 13.8 Å². The molecule has 0 radical (unpaired) electrons. The standard InChI is InChI=1S/C11H12N2O2.C5H10N2O3.2C4H9NO3.2C3H7NO3/c12-9(11(14)15)5-7-6-13-10-4-2-1-3-8(7)10;6-3(5(9)10)1-2-4(7)8;2*1-2(6)3(5)4(7)8;2*4-2(1-5)3(6)7/h1-4,6,9,13H,5,12H2,(H,14,15);3H,1-2,6H2,(H2,7,8)(H,9,10);2*2-3,6H,5H2,1H3,(H,7,8);2*2,5H,1,4H2,(H,6,7). The van der Waals surface area contributed by atoms with Gasteiger partial charge in [0.1, 0.15) is 36.3 Å². The summed E-state index contributed by atoms with van der Waals surface area (Å²) in [4.78, 5) is 72.8. The molecular formula is C30H54N8O17. The third kappa shape index (κ3) is 29.8. The number of hydrogen-bond donors (Lipinski definition) is 18. The van der Waals surface area contributed by atoms with Gasteiger partial charge in [0.15, 0.2) is 0 Å². The van der Waals surface area contributed by atoms with Crippen molar-refractivity contribution in [1.29, 1.82) is 0 Å². The number of aliphatic carboxylic acids is 6. The minimum atomic E-state index is -1.18. The van der Waals surface area contributed by atoms with Crippen molar-refractivity contribution in [3.8, 4) is 0 Å². The molecular weight excluding hydrogens is 744 g/mol. The summed E-state index contributed by atoms with van der Waals surface area (Å²) >= 11 is 0. The second-order valence-electron chi connectivity index (χ2n) is 10.9. The van der Waals surface area contributed by atoms with Crippen LogP contribution in [0.1, 0.15) is 32.3 Å². The van der Waals surface area contributed by atoms with E-state index in [0.717, 1.165) is 16.5 Å². The molecule has 25 heteroatoms. The zero-order valence-corrected chi connectivity index (χ0v) is 29.9. The van der Waals surface area contributed by atoms with Crippen LogP contribution in [0.4, 0.5) is 0 Å². The number of primary amides is 1. The molecule has 8 unspecified atom stereocenters. The predicted octanol–water partition coefficient (Wildman–Crippen LogP) is -5.87. The molecule has 0 bridgehead atoms. The van der Waals surface area contributed by atoms with Gasteiger partial charge in [-0.05, 0) is 31.9 Å². The number of carboxylic acids is 6. The maximum absolute atomic E-state index is 10.6. The maximum atomic E-state index is 10.6. The van der Waals surface area contributed by atoms with Crippen molar-refractivity contribution in [2.45, 2.75) is 81.6 Å². The molecule has 0 saturated carbocycles. The Kier molecular flexibility index (Phi) is 31.8. The average Bonchev–Trinajstić information content (AvgIpc) is 3.52. The van der Waals surface area contributed by atoms with Gasteiger partial charge in [-0.25, -0.2) is 0 Å². The van der Waals surface area contributed by atoms with Crippen molar-refractivity contribution in [2.24, 2.45) is 40.1 Å². The number of benzene rings is 1. The molecule has 1 amide bonds. The highest BCUT2D eigenvalue weighted by molar-refractivity contribution is 5.84. The number of aromatic nitrogens is 1. The Morgan fingerprint density at radius 3 is 1.22 bits per heavy atom. The van der Waals surface area contributed by atoms with Crippen LogP contribution in [-0.4, -0.2) is 159 Å². The quantitative estimate of drug-likeness (QED) is 0.0797. The maximum Gasteiger partial charge on any atom is 0.323 e. The average molecular weight is 799 g/mol. The Labute approximate surface area is 313 Å². The van der Waals surface area contributed by atoms with Crippen LogP contribution in [0, 0.1) is 0 Å². The fourth-order valence-corrected chi connectivity index (χ4v) is 2.61. The van der Waals surface area contributed by atoms with Gasteiger partial charge < -0.3 is 96.2 Å². The SMILES string of the molecule is CC(O)C(N)C(=O)O.CC(O)C(N)C(=O)O.NC(=O)CCC(N)C(=O)O.NC(CO)C(=O)O.NC(CO)C(=O)O.NC(Cc1c[nH]c2ccccc12)C(=O)O. The number of aliphatic hydroxyl groups excluding tert-OH is 4. The number of fused-ring (bicyclic) bond motifs is 1. The van der Waals surface area contributed by atoms with Crippen LogP contribution in [0.15, 0.2) is 30.5 Å². The Morgan fingerprint density at radius 2 is 0.964 bits per heavy atom. The number of nitrogens with one attached hydrogen (secondary N) is 1. The fourth-order valence-electron chi connectivity index (χ4n) is 2.61. The molecule has 2 rings (SSSR count). The van der Waals surface area contributed by atoms with Gasteiger partial charge in [0, 0.05) is 29.9 Å². The largest absolute Gasteiger partial charge is 0.480 e. The lowest BCUT2D eigenvalue weighted by atomic mass is 10.1. The van der Waals surface area contributed by atoms with Crippen molar-refractivity contribution in [2.75, 3.05) is 13.2 Å². The van der Waals surface area contributed by atoms with Gasteiger partial charge in [-0.15, -0.1) is 0 Å². The van der Waals surface area contributed by atoms with E-state index in [1.54, 1.807) is 0 Å². The molecule has 0 aliphatic rings. The molecule has 0 saturated heterocycles. The first kappa shape index (κ1) is 56.4. The molecule has 25 N–H and O–H groups in total. The van der Waals surface area contributed by atoms with Gasteiger partial charge in [-0.3, -0.25) is 33.6 Å². The molecule has 0 aliphatic heterocycles. The number of carbonyl (C=O) groups is 7. The van der Waals surface area contributed by atoms with Crippen LogP contribution in [0.5, 0.6) is 0 Å². The second kappa shape index (κ2) is 31.0. The van der Waals surface area contributed by atoms with Crippen LogP contribution in [0.3, 0.4) is 0 Å². The summed E-state index contributed by atoms with van der Waals surface area (Å²) in [5.74, 6) is -7.33. The highest BCUT2D eigenvalue weighted by Gasteiger charge is 2.17. The molecule has 1 aromatic heterocycles. The topological polar surface area (TPSA) is 520 Å². The lowest BCUT2D eigenvalue weighted by molar-refractivity contribution is -0.141. The predicted molar refractivity (Wildman–Crippen MR) is 192 cm³/mol. The van der Waals surface area contributed by atoms with Crippen molar-refractivity contribution < 1.29 is 84.6 Å². The number of H-pyrrole nitrogens is 1. The number of rotatable bonds is 15. The number of aromatic amines is 1. The lowest BCUT2D eigenvalue weighted by Gasteiger charge is -2.07. The van der Waals surface area contributed by atoms with E-state index in [1.807, 2.05) is 30.5 Å². The van der Waals surface area contributed by atoms with Crippen LogP contribution < -0.4 is 40.1 Å². The molecule has 316 valence electrons. The summed E-state index contributed by atoms with van der Waals surface area (Å²) < 4.78 is 0. The van der Waals surface area contributed by atoms with E-state index in [0.29, 0.717) is 6.42 Å². The fraction of sp³-hybridized carbons (Fsp3) is 0.500. The van der Waals surface area contributed by atoms with Crippen LogP contribution in [0.25, 0.3) is 10.9 Å². The third-order valence-electron chi connectivity index (χ3n) is 6.09. The summed E-state index contributed by atoms with van der Waals surface area (Å²) in [5, 5.41) is 82.9. The summed E-state index contributed by atoms with van der Waals surface area (Å²) in [5.41, 5.74) is 36.6. The zero-order chi connectivity index (χ0) is 44.2. The van der Waals surface area contributed by atoms with E-state index in [2.05, 4.69) is 4.98 Å². The molecule has 1 heterocycles. The summed E-state index contributed by atoms with van der Waals surface area (Å²) in [6.45, 7) is 1.65. The van der Waals surface area contributed by atoms with Gasteiger partial charge in [0.05, 0.1) is 25.4 Å². The van der Waals surface area contributed by atoms with E-state index in [4.69, 9.17) is 91.2 Å². The molecule has 8 atom stereocenters. The van der Waals surface area contributed by atoms with Crippen LogP contribution in [0.2, 0.25) is 0 Å². The normalized spacial score (nSPS) is 14.3. The van der Waals surface area contributed by atoms with Gasteiger partial charge in [0.25, 0.3) is 0 Å². The Bertz CT molecular complexity index is 1410. The number of nitrogens with two attached hydrogens (primary N) is 7. The first-order valence-corrected chi connectivity index (χ1v) is 15.5. The van der Waals surface area contributed by atoms with Crippen LogP contribution >= 0.6 is 0 Å². The lowest BCUT2D eigenvalue weighted by Crippen LogP contribution is -2.39. The number of carbonyl (C=O) groups excluding carboxylic acids is 1. The number of amides is 1. The monoisotopic (exact) mass is 798 g/mol. The van der Waals surface area contributed by atoms with Crippen molar-refractivity contribution in [3.63, 3.8) is 0 Å². The highest BCUT2D eigenvalue weighted by Crippen LogP contribution is 2.18. The smallest absolute Gasteiger partial charge is 0.323 e. The van der Waals surface area contributed by atoms with Gasteiger partial charge in [0.2, 0.25) is 5.91 Å². The number of aliphatic hydroxyl groups is 4. The van der Waals surface area contributed by atoms with E-state index >= 15 is 0 Å². The Hall–Kier alpha value is -5.35. The molecule has 1 aromatic carbocycles. The van der Waals surface area contributed by atoms with E-state index in [-0.39, 0.29) is 12.8 Å². The molecule has 2 aromatic rings. The summed E-state index contributed by atoms with van der Waals surface area (Å²) in [7, 11) is 0. The van der Waals surface area contributed by atoms with Gasteiger partial charge in [-0.2, -0.15) is 0 Å². The molecule has 55 heavy (non-hydrogen) atoms. The number of hydrogen-bond acceptors (Lipinski definition) is 17. The molecule has 0 fully saturated rings. The van der Waals surface area contributed by atoms with Gasteiger partial charge >= 0.3 is 35.8 Å². The number of para-hydroxylation sites is 1. The minimum Gasteiger partial charge on any atom is -0.480 e. The van der Waals surface area contributed by atoms with Crippen molar-refractivity contribution in [1.82, 2.24) is 4.98 Å². The zero-order valence-electron chi connectivity index (χ0n) is 29.9.